The molecule has 2 nitrogen and oxygen atoms in total. The fourth-order valence-electron chi connectivity index (χ4n) is 8.95. The van der Waals surface area contributed by atoms with Crippen LogP contribution in [0.1, 0.15) is 12.5 Å². The number of aromatic nitrogens is 1. The van der Waals surface area contributed by atoms with Gasteiger partial charge in [-0.25, -0.2) is 0 Å². The lowest BCUT2D eigenvalue weighted by Gasteiger charge is -2.37. The van der Waals surface area contributed by atoms with Crippen molar-refractivity contribution in [1.29, 1.82) is 0 Å². The zero-order chi connectivity index (χ0) is 37.2. The van der Waals surface area contributed by atoms with Gasteiger partial charge in [0, 0.05) is 37.6 Å². The van der Waals surface area contributed by atoms with Crippen molar-refractivity contribution in [2.24, 2.45) is 5.92 Å². The largest absolute Gasteiger partial charge is 0.333 e. The molecule has 2 unspecified atom stereocenters. The molecule has 3 heteroatoms. The van der Waals surface area contributed by atoms with Crippen molar-refractivity contribution in [1.82, 2.24) is 4.57 Å². The van der Waals surface area contributed by atoms with E-state index in [9.17, 15) is 0 Å². The van der Waals surface area contributed by atoms with Gasteiger partial charge in [-0.1, -0.05) is 153 Å². The zero-order valence-corrected chi connectivity index (χ0v) is 31.8. The van der Waals surface area contributed by atoms with Gasteiger partial charge in [0.1, 0.15) is 0 Å². The number of para-hydroxylation sites is 2. The van der Waals surface area contributed by atoms with Gasteiger partial charge in [-0.3, -0.25) is 0 Å². The fraction of sp³-hybridized carbons (Fsp3) is 0.0566. The Morgan fingerprint density at radius 1 is 0.518 bits per heavy atom. The van der Waals surface area contributed by atoms with Gasteiger partial charge >= 0.3 is 0 Å². The summed E-state index contributed by atoms with van der Waals surface area (Å²) in [5.41, 5.74) is 11.0. The van der Waals surface area contributed by atoms with Crippen molar-refractivity contribution in [3.8, 4) is 16.8 Å². The molecule has 0 saturated carbocycles. The monoisotopic (exact) mass is 734 g/mol. The maximum absolute atomic E-state index is 2.59. The Kier molecular flexibility index (Phi) is 7.75. The highest BCUT2D eigenvalue weighted by molar-refractivity contribution is 7.26. The molecule has 2 aromatic heterocycles. The molecule has 266 valence electrons. The van der Waals surface area contributed by atoms with Crippen LogP contribution in [0.2, 0.25) is 0 Å². The molecule has 2 heterocycles. The van der Waals surface area contributed by atoms with Gasteiger partial charge in [0.15, 0.2) is 0 Å². The highest BCUT2D eigenvalue weighted by Gasteiger charge is 2.28. The summed E-state index contributed by atoms with van der Waals surface area (Å²) in [6.45, 7) is 2.37. The lowest BCUT2D eigenvalue weighted by atomic mass is 9.87. The van der Waals surface area contributed by atoms with Gasteiger partial charge in [0.05, 0.1) is 27.5 Å². The van der Waals surface area contributed by atoms with Crippen molar-refractivity contribution in [2.75, 3.05) is 4.90 Å². The predicted molar refractivity (Wildman–Crippen MR) is 242 cm³/mol. The topological polar surface area (TPSA) is 8.17 Å². The molecule has 0 N–H and O–H groups in total. The van der Waals surface area contributed by atoms with Gasteiger partial charge in [0.25, 0.3) is 0 Å². The second kappa shape index (κ2) is 13.3. The van der Waals surface area contributed by atoms with E-state index in [0.29, 0.717) is 0 Å². The molecule has 0 bridgehead atoms. The summed E-state index contributed by atoms with van der Waals surface area (Å²) in [6, 6.07) is 66.8. The molecule has 0 fully saturated rings. The van der Waals surface area contributed by atoms with E-state index in [1.165, 1.54) is 86.4 Å². The molecular formula is C53H38N2S. The van der Waals surface area contributed by atoms with Gasteiger partial charge in [0.2, 0.25) is 0 Å². The molecule has 0 aliphatic heterocycles. The van der Waals surface area contributed by atoms with Crippen LogP contribution in [0.3, 0.4) is 0 Å². The Labute approximate surface area is 330 Å². The average molecular weight is 735 g/mol. The van der Waals surface area contributed by atoms with E-state index in [0.717, 1.165) is 5.69 Å². The minimum Gasteiger partial charge on any atom is -0.333 e. The third-order valence-electron chi connectivity index (χ3n) is 11.6. The number of rotatable bonds is 6. The zero-order valence-electron chi connectivity index (χ0n) is 31.0. The second-order valence-electron chi connectivity index (χ2n) is 15.0. The minimum absolute atomic E-state index is 0.0895. The van der Waals surface area contributed by atoms with Crippen molar-refractivity contribution in [2.45, 2.75) is 13.0 Å². The minimum atomic E-state index is 0.0895. The summed E-state index contributed by atoms with van der Waals surface area (Å²) in [4.78, 5) is 2.59. The molecule has 0 amide bonds. The molecule has 1 aliphatic carbocycles. The van der Waals surface area contributed by atoms with Gasteiger partial charge < -0.3 is 9.47 Å². The number of hydrogen-bond acceptors (Lipinski definition) is 2. The highest BCUT2D eigenvalue weighted by Crippen LogP contribution is 2.45. The summed E-state index contributed by atoms with van der Waals surface area (Å²) < 4.78 is 5.05. The van der Waals surface area contributed by atoms with E-state index in [1.54, 1.807) is 0 Å². The average Bonchev–Trinajstić information content (AvgIpc) is 3.81. The van der Waals surface area contributed by atoms with Crippen LogP contribution in [0.4, 0.5) is 11.4 Å². The van der Waals surface area contributed by atoms with E-state index in [-0.39, 0.29) is 12.0 Å². The van der Waals surface area contributed by atoms with Crippen molar-refractivity contribution in [3.05, 3.63) is 206 Å². The lowest BCUT2D eigenvalue weighted by molar-refractivity contribution is 0.612. The number of fused-ring (bicyclic) bond motifs is 7. The SMILES string of the molecule is CC1C=C(c2cccc(-c3ccc4ccccc4c3)c2)C=CC1N(c1cccc(-n2c3ccccc3c3ccccc32)c1)c1cccc2c1sc1ccccc12. The van der Waals surface area contributed by atoms with Crippen LogP contribution >= 0.6 is 11.3 Å². The van der Waals surface area contributed by atoms with Crippen LogP contribution in [0.5, 0.6) is 0 Å². The van der Waals surface area contributed by atoms with Gasteiger partial charge in [-0.2, -0.15) is 0 Å². The second-order valence-corrected chi connectivity index (χ2v) is 16.0. The quantitative estimate of drug-likeness (QED) is 0.165. The Bertz CT molecular complexity index is 3140. The Morgan fingerprint density at radius 2 is 1.18 bits per heavy atom. The first-order chi connectivity index (χ1) is 27.7. The third-order valence-corrected chi connectivity index (χ3v) is 12.8. The normalized spacial score (nSPS) is 15.6. The summed E-state index contributed by atoms with van der Waals surface area (Å²) in [7, 11) is 0. The standard InChI is InChI=1S/C53H38N2S/c1-35-31-40(38-15-10-16-39(33-38)41-28-27-36-13-2-3-14-37(36)32-41)29-30-48(35)54(51-25-12-22-47-46-21-6-9-26-52(46)56-53(47)51)42-17-11-18-43(34-42)55-49-23-7-4-19-44(49)45-20-5-8-24-50(45)55/h2-35,48H,1H3. The first-order valence-electron chi connectivity index (χ1n) is 19.5. The summed E-state index contributed by atoms with van der Waals surface area (Å²) in [5.74, 6) is 0.223. The van der Waals surface area contributed by atoms with E-state index >= 15 is 0 Å². The van der Waals surface area contributed by atoms with Crippen LogP contribution in [0.15, 0.2) is 200 Å². The highest BCUT2D eigenvalue weighted by atomic mass is 32.1. The molecule has 1 aliphatic rings. The van der Waals surface area contributed by atoms with Gasteiger partial charge in [-0.05, 0) is 93.6 Å². The third kappa shape index (κ3) is 5.38. The van der Waals surface area contributed by atoms with Crippen LogP contribution < -0.4 is 4.90 Å². The molecule has 11 rings (SSSR count). The maximum Gasteiger partial charge on any atom is 0.0598 e. The summed E-state index contributed by atoms with van der Waals surface area (Å²) in [6.07, 6.45) is 7.25. The molecule has 8 aromatic carbocycles. The first kappa shape index (κ1) is 32.7. The Hall–Kier alpha value is -6.68. The first-order valence-corrected chi connectivity index (χ1v) is 20.3. The number of benzene rings is 8. The maximum atomic E-state index is 2.59. The van der Waals surface area contributed by atoms with Crippen molar-refractivity contribution < 1.29 is 0 Å². The Balaban J connectivity index is 1.03. The molecular weight excluding hydrogens is 697 g/mol. The Morgan fingerprint density at radius 3 is 2.00 bits per heavy atom. The number of thiophene rings is 1. The van der Waals surface area contributed by atoms with Crippen LogP contribution in [-0.2, 0) is 0 Å². The van der Waals surface area contributed by atoms with Crippen molar-refractivity contribution >= 4 is 81.0 Å². The lowest BCUT2D eigenvalue weighted by Crippen LogP contribution is -2.35. The number of anilines is 2. The van der Waals surface area contributed by atoms with E-state index in [1.807, 2.05) is 11.3 Å². The predicted octanol–water partition coefficient (Wildman–Crippen LogP) is 14.8. The summed E-state index contributed by atoms with van der Waals surface area (Å²) in [5, 5.41) is 7.69. The molecule has 0 radical (unpaired) electrons. The number of nitrogens with zero attached hydrogens (tertiary/aromatic N) is 2. The summed E-state index contributed by atoms with van der Waals surface area (Å²) >= 11 is 1.89. The van der Waals surface area contributed by atoms with E-state index in [2.05, 4.69) is 217 Å². The van der Waals surface area contributed by atoms with E-state index in [4.69, 9.17) is 0 Å². The van der Waals surface area contributed by atoms with Crippen LogP contribution in [0, 0.1) is 5.92 Å². The van der Waals surface area contributed by atoms with Crippen LogP contribution in [0.25, 0.3) is 75.1 Å². The molecule has 56 heavy (non-hydrogen) atoms. The molecule has 0 spiro atoms. The number of hydrogen-bond donors (Lipinski definition) is 0. The fourth-order valence-corrected chi connectivity index (χ4v) is 10.2. The molecule has 10 aromatic rings. The van der Waals surface area contributed by atoms with Crippen molar-refractivity contribution in [3.63, 3.8) is 0 Å². The van der Waals surface area contributed by atoms with E-state index < -0.39 is 0 Å². The van der Waals surface area contributed by atoms with Gasteiger partial charge in [-0.15, -0.1) is 11.3 Å². The smallest absolute Gasteiger partial charge is 0.0598 e. The molecule has 0 saturated heterocycles. The van der Waals surface area contributed by atoms with Crippen LogP contribution in [-0.4, -0.2) is 10.6 Å². The number of allylic oxidation sites excluding steroid dienone is 2. The molecule has 2 atom stereocenters.